The maximum atomic E-state index is 13.7. The van der Waals surface area contributed by atoms with Crippen LogP contribution in [0.25, 0.3) is 10.9 Å². The van der Waals surface area contributed by atoms with Gasteiger partial charge in [0.25, 0.3) is 5.56 Å². The van der Waals surface area contributed by atoms with E-state index in [9.17, 15) is 19.1 Å². The zero-order valence-corrected chi connectivity index (χ0v) is 16.2. The summed E-state index contributed by atoms with van der Waals surface area (Å²) in [5.74, 6) is -0.633. The van der Waals surface area contributed by atoms with Crippen molar-refractivity contribution in [3.8, 4) is 0 Å². The number of benzene rings is 2. The van der Waals surface area contributed by atoms with E-state index < -0.39 is 22.7 Å². The van der Waals surface area contributed by atoms with E-state index in [0.29, 0.717) is 16.1 Å². The Kier molecular flexibility index (Phi) is 5.16. The molecule has 0 saturated carbocycles. The van der Waals surface area contributed by atoms with E-state index in [0.717, 1.165) is 4.57 Å². The summed E-state index contributed by atoms with van der Waals surface area (Å²) in [4.78, 5) is 25.9. The van der Waals surface area contributed by atoms with Gasteiger partial charge in [-0.25, -0.2) is 9.18 Å². The first-order valence-electron chi connectivity index (χ1n) is 8.16. The van der Waals surface area contributed by atoms with Gasteiger partial charge < -0.3 is 5.11 Å². The third-order valence-corrected chi connectivity index (χ3v) is 4.60. The highest BCUT2D eigenvalue weighted by molar-refractivity contribution is 6.31. The largest absolute Gasteiger partial charge is 0.389 e. The number of hydrogen-bond donors (Lipinski definition) is 1. The second-order valence-corrected chi connectivity index (χ2v) is 7.83. The van der Waals surface area contributed by atoms with E-state index >= 15 is 0 Å². The number of aliphatic hydroxyl groups is 1. The number of hydrogen-bond acceptors (Lipinski definition) is 3. The molecule has 0 amide bonds. The van der Waals surface area contributed by atoms with Gasteiger partial charge in [0.1, 0.15) is 5.82 Å². The molecule has 2 aromatic carbocycles. The predicted octanol–water partition coefficient (Wildman–Crippen LogP) is 3.43. The van der Waals surface area contributed by atoms with Crippen LogP contribution in [0, 0.1) is 5.82 Å². The van der Waals surface area contributed by atoms with Crippen molar-refractivity contribution in [2.75, 3.05) is 0 Å². The third-order valence-electron chi connectivity index (χ3n) is 4.06. The van der Waals surface area contributed by atoms with Gasteiger partial charge in [-0.3, -0.25) is 13.9 Å². The topological polar surface area (TPSA) is 64.2 Å². The van der Waals surface area contributed by atoms with Gasteiger partial charge in [0.05, 0.1) is 34.6 Å². The van der Waals surface area contributed by atoms with Crippen LogP contribution in [0.2, 0.25) is 10.0 Å². The maximum absolute atomic E-state index is 13.7. The van der Waals surface area contributed by atoms with Crippen molar-refractivity contribution >= 4 is 34.1 Å². The van der Waals surface area contributed by atoms with E-state index in [1.165, 1.54) is 28.8 Å². The summed E-state index contributed by atoms with van der Waals surface area (Å²) in [6.07, 6.45) is 0. The van der Waals surface area contributed by atoms with Crippen LogP contribution in [-0.2, 0) is 13.1 Å². The Hall–Kier alpha value is -2.15. The van der Waals surface area contributed by atoms with Gasteiger partial charge in [0.2, 0.25) is 0 Å². The molecule has 0 atom stereocenters. The van der Waals surface area contributed by atoms with Crippen LogP contribution in [0.3, 0.4) is 0 Å². The van der Waals surface area contributed by atoms with E-state index in [2.05, 4.69) is 0 Å². The number of rotatable bonds is 4. The zero-order chi connectivity index (χ0) is 19.9. The van der Waals surface area contributed by atoms with Crippen molar-refractivity contribution in [2.45, 2.75) is 32.5 Å². The summed E-state index contributed by atoms with van der Waals surface area (Å²) in [6.45, 7) is 2.94. The number of fused-ring (bicyclic) bond motifs is 1. The minimum absolute atomic E-state index is 0.0429. The summed E-state index contributed by atoms with van der Waals surface area (Å²) < 4.78 is 16.0. The van der Waals surface area contributed by atoms with Gasteiger partial charge in [0, 0.05) is 5.02 Å². The van der Waals surface area contributed by atoms with Crippen molar-refractivity contribution < 1.29 is 9.50 Å². The Balaban J connectivity index is 2.26. The van der Waals surface area contributed by atoms with Crippen LogP contribution in [-0.4, -0.2) is 19.8 Å². The molecule has 0 saturated heterocycles. The molecule has 0 aliphatic heterocycles. The molecule has 8 heteroatoms. The standard InChI is InChI=1S/C19H17Cl2FN2O3/c1-19(2,27)10-24-16-8-12(20)4-5-13(16)17(25)23(18(24)26)9-11-3-6-14(21)15(22)7-11/h3-8,27H,9-10H2,1-2H3. The molecule has 1 aromatic heterocycles. The van der Waals surface area contributed by atoms with Gasteiger partial charge >= 0.3 is 5.69 Å². The van der Waals surface area contributed by atoms with Gasteiger partial charge in [-0.05, 0) is 49.7 Å². The smallest absolute Gasteiger partial charge is 0.331 e. The fourth-order valence-electron chi connectivity index (χ4n) is 2.89. The van der Waals surface area contributed by atoms with Crippen molar-refractivity contribution in [3.05, 3.63) is 78.7 Å². The van der Waals surface area contributed by atoms with E-state index in [-0.39, 0.29) is 23.5 Å². The molecule has 3 rings (SSSR count). The van der Waals surface area contributed by atoms with Crippen LogP contribution in [0.1, 0.15) is 19.4 Å². The number of halogens is 3. The van der Waals surface area contributed by atoms with Crippen molar-refractivity contribution in [3.63, 3.8) is 0 Å². The first-order chi connectivity index (χ1) is 12.6. The monoisotopic (exact) mass is 410 g/mol. The molecule has 0 unspecified atom stereocenters. The average molecular weight is 411 g/mol. The van der Waals surface area contributed by atoms with Crippen LogP contribution >= 0.6 is 23.2 Å². The maximum Gasteiger partial charge on any atom is 0.331 e. The molecular weight excluding hydrogens is 394 g/mol. The lowest BCUT2D eigenvalue weighted by molar-refractivity contribution is 0.0610. The molecule has 27 heavy (non-hydrogen) atoms. The first-order valence-corrected chi connectivity index (χ1v) is 8.91. The molecule has 3 aromatic rings. The summed E-state index contributed by atoms with van der Waals surface area (Å²) >= 11 is 11.7. The van der Waals surface area contributed by atoms with Crippen LogP contribution < -0.4 is 11.2 Å². The van der Waals surface area contributed by atoms with Gasteiger partial charge in [-0.1, -0.05) is 29.3 Å². The third kappa shape index (κ3) is 4.08. The molecule has 0 bridgehead atoms. The SMILES string of the molecule is CC(C)(O)Cn1c(=O)n(Cc2ccc(Cl)c(F)c2)c(=O)c2ccc(Cl)cc21. The highest BCUT2D eigenvalue weighted by atomic mass is 35.5. The number of nitrogens with zero attached hydrogens (tertiary/aromatic N) is 2. The Morgan fingerprint density at radius 2 is 1.78 bits per heavy atom. The second-order valence-electron chi connectivity index (χ2n) is 6.98. The van der Waals surface area contributed by atoms with Gasteiger partial charge in [0.15, 0.2) is 0 Å². The second kappa shape index (κ2) is 7.11. The fraction of sp³-hybridized carbons (Fsp3) is 0.263. The summed E-state index contributed by atoms with van der Waals surface area (Å²) in [5, 5.41) is 10.8. The molecule has 0 fully saturated rings. The molecule has 0 aliphatic carbocycles. The molecule has 0 spiro atoms. The predicted molar refractivity (Wildman–Crippen MR) is 104 cm³/mol. The minimum Gasteiger partial charge on any atom is -0.389 e. The highest BCUT2D eigenvalue weighted by Gasteiger charge is 2.20. The van der Waals surface area contributed by atoms with E-state index in [1.807, 2.05) is 0 Å². The molecule has 0 aliphatic rings. The normalized spacial score (nSPS) is 11.9. The van der Waals surface area contributed by atoms with Crippen LogP contribution in [0.4, 0.5) is 4.39 Å². The summed E-state index contributed by atoms with van der Waals surface area (Å²) in [6, 6.07) is 8.69. The molecular formula is C19H17Cl2FN2O3. The fourth-order valence-corrected chi connectivity index (χ4v) is 3.17. The lowest BCUT2D eigenvalue weighted by Crippen LogP contribution is -2.43. The molecule has 142 valence electrons. The molecule has 5 nitrogen and oxygen atoms in total. The lowest BCUT2D eigenvalue weighted by Gasteiger charge is -2.21. The quantitative estimate of drug-likeness (QED) is 0.716. The Morgan fingerprint density at radius 3 is 2.41 bits per heavy atom. The van der Waals surface area contributed by atoms with Crippen molar-refractivity contribution in [2.24, 2.45) is 0 Å². The lowest BCUT2D eigenvalue weighted by atomic mass is 10.1. The Bertz CT molecular complexity index is 1150. The minimum atomic E-state index is -1.20. The van der Waals surface area contributed by atoms with Gasteiger partial charge in [-0.15, -0.1) is 0 Å². The Morgan fingerprint density at radius 1 is 1.07 bits per heavy atom. The van der Waals surface area contributed by atoms with Gasteiger partial charge in [-0.2, -0.15) is 0 Å². The summed E-state index contributed by atoms with van der Waals surface area (Å²) in [5.41, 5.74) is -1.59. The first kappa shape index (κ1) is 19.6. The van der Waals surface area contributed by atoms with E-state index in [4.69, 9.17) is 23.2 Å². The van der Waals surface area contributed by atoms with E-state index in [1.54, 1.807) is 26.0 Å². The van der Waals surface area contributed by atoms with Crippen LogP contribution in [0.15, 0.2) is 46.0 Å². The molecule has 1 N–H and O–H groups in total. The zero-order valence-electron chi connectivity index (χ0n) is 14.7. The van der Waals surface area contributed by atoms with Crippen molar-refractivity contribution in [1.29, 1.82) is 0 Å². The van der Waals surface area contributed by atoms with Crippen LogP contribution in [0.5, 0.6) is 0 Å². The Labute approximate surface area is 164 Å². The molecule has 0 radical (unpaired) electrons. The average Bonchev–Trinajstić information content (AvgIpc) is 2.57. The number of aromatic nitrogens is 2. The van der Waals surface area contributed by atoms with Crippen molar-refractivity contribution in [1.82, 2.24) is 9.13 Å². The molecule has 1 heterocycles. The summed E-state index contributed by atoms with van der Waals surface area (Å²) in [7, 11) is 0. The highest BCUT2D eigenvalue weighted by Crippen LogP contribution is 2.19.